The van der Waals surface area contributed by atoms with Gasteiger partial charge in [0.1, 0.15) is 5.69 Å². The molecule has 156 valence electrons. The SMILES string of the molecule is COC1CC[C@H](CNC(=O)c2cc(C)c3cc(C4CC4)cc(C(F)(F)F)c3n2)C1. The molecule has 1 unspecified atom stereocenters. The van der Waals surface area contributed by atoms with Crippen molar-refractivity contribution < 1.29 is 22.7 Å². The number of alkyl halides is 3. The summed E-state index contributed by atoms with van der Waals surface area (Å²) in [5.74, 6) is 0.0813. The molecule has 7 heteroatoms. The van der Waals surface area contributed by atoms with Crippen LogP contribution in [0.25, 0.3) is 10.9 Å². The molecule has 4 nitrogen and oxygen atoms in total. The van der Waals surface area contributed by atoms with E-state index in [0.717, 1.165) is 32.1 Å². The van der Waals surface area contributed by atoms with E-state index in [1.165, 1.54) is 6.07 Å². The summed E-state index contributed by atoms with van der Waals surface area (Å²) < 4.78 is 46.5. The molecule has 1 amide bonds. The largest absolute Gasteiger partial charge is 0.418 e. The van der Waals surface area contributed by atoms with Crippen molar-refractivity contribution in [1.29, 1.82) is 0 Å². The van der Waals surface area contributed by atoms with Crippen molar-refractivity contribution in [2.24, 2.45) is 5.92 Å². The lowest BCUT2D eigenvalue weighted by atomic mass is 9.98. The van der Waals surface area contributed by atoms with Crippen molar-refractivity contribution in [3.8, 4) is 0 Å². The lowest BCUT2D eigenvalue weighted by Crippen LogP contribution is -2.29. The first-order chi connectivity index (χ1) is 13.8. The van der Waals surface area contributed by atoms with E-state index in [1.54, 1.807) is 26.2 Å². The monoisotopic (exact) mass is 406 g/mol. The summed E-state index contributed by atoms with van der Waals surface area (Å²) in [6, 6.07) is 4.59. The number of benzene rings is 1. The average molecular weight is 406 g/mol. The third-order valence-corrected chi connectivity index (χ3v) is 6.11. The van der Waals surface area contributed by atoms with Gasteiger partial charge in [-0.05, 0) is 80.2 Å². The van der Waals surface area contributed by atoms with Gasteiger partial charge in [0.25, 0.3) is 5.91 Å². The Balaban J connectivity index is 1.62. The Kier molecular flexibility index (Phi) is 5.27. The highest BCUT2D eigenvalue weighted by atomic mass is 19.4. The standard InChI is InChI=1S/C22H25F3N2O2/c1-12-7-19(21(28)26-11-13-3-6-16(8-13)29-2)27-20-17(12)9-15(14-4-5-14)10-18(20)22(23,24)25/h7,9-10,13-14,16H,3-6,8,11H2,1-2H3,(H,26,28)/t13-,16?/m0/s1. The normalized spacial score (nSPS) is 22.2. The highest BCUT2D eigenvalue weighted by Gasteiger charge is 2.36. The van der Waals surface area contributed by atoms with E-state index >= 15 is 0 Å². The van der Waals surface area contributed by atoms with Crippen LogP contribution >= 0.6 is 0 Å². The number of ether oxygens (including phenoxy) is 1. The van der Waals surface area contributed by atoms with Gasteiger partial charge in [-0.25, -0.2) is 4.98 Å². The Morgan fingerprint density at radius 1 is 1.21 bits per heavy atom. The third kappa shape index (κ3) is 4.25. The van der Waals surface area contributed by atoms with E-state index < -0.39 is 17.6 Å². The molecule has 2 fully saturated rings. The smallest absolute Gasteiger partial charge is 0.381 e. The lowest BCUT2D eigenvalue weighted by Gasteiger charge is -2.16. The van der Waals surface area contributed by atoms with Crippen LogP contribution in [0.1, 0.15) is 65.2 Å². The number of rotatable bonds is 5. The summed E-state index contributed by atoms with van der Waals surface area (Å²) >= 11 is 0. The Bertz CT molecular complexity index is 938. The molecule has 1 aromatic carbocycles. The Labute approximate surface area is 167 Å². The molecule has 0 bridgehead atoms. The van der Waals surface area contributed by atoms with E-state index in [1.807, 2.05) is 0 Å². The van der Waals surface area contributed by atoms with E-state index in [-0.39, 0.29) is 23.2 Å². The number of methoxy groups -OCH3 is 1. The minimum Gasteiger partial charge on any atom is -0.381 e. The zero-order chi connectivity index (χ0) is 20.8. The first-order valence-electron chi connectivity index (χ1n) is 10.1. The van der Waals surface area contributed by atoms with Gasteiger partial charge in [0, 0.05) is 19.0 Å². The van der Waals surface area contributed by atoms with E-state index in [4.69, 9.17) is 4.74 Å². The van der Waals surface area contributed by atoms with Crippen molar-refractivity contribution in [1.82, 2.24) is 10.3 Å². The van der Waals surface area contributed by atoms with Crippen LogP contribution in [0, 0.1) is 12.8 Å². The molecule has 0 radical (unpaired) electrons. The number of fused-ring (bicyclic) bond motifs is 1. The molecule has 2 aliphatic carbocycles. The minimum absolute atomic E-state index is 0.0287. The Hall–Kier alpha value is -2.15. The van der Waals surface area contributed by atoms with Crippen LogP contribution in [0.4, 0.5) is 13.2 Å². The summed E-state index contributed by atoms with van der Waals surface area (Å²) in [7, 11) is 1.68. The first-order valence-corrected chi connectivity index (χ1v) is 10.1. The molecular formula is C22H25F3N2O2. The number of hydrogen-bond acceptors (Lipinski definition) is 3. The maximum atomic E-state index is 13.7. The van der Waals surface area contributed by atoms with Gasteiger partial charge in [0.05, 0.1) is 17.2 Å². The van der Waals surface area contributed by atoms with Gasteiger partial charge in [-0.3, -0.25) is 4.79 Å². The Morgan fingerprint density at radius 3 is 2.59 bits per heavy atom. The van der Waals surface area contributed by atoms with E-state index in [0.29, 0.717) is 29.0 Å². The van der Waals surface area contributed by atoms with Crippen LogP contribution < -0.4 is 5.32 Å². The molecule has 2 aliphatic rings. The van der Waals surface area contributed by atoms with Crippen LogP contribution in [-0.4, -0.2) is 30.6 Å². The molecule has 2 aromatic rings. The number of amides is 1. The zero-order valence-electron chi connectivity index (χ0n) is 16.6. The van der Waals surface area contributed by atoms with Crippen LogP contribution in [0.2, 0.25) is 0 Å². The lowest BCUT2D eigenvalue weighted by molar-refractivity contribution is -0.136. The van der Waals surface area contributed by atoms with Crippen LogP contribution in [0.3, 0.4) is 0 Å². The summed E-state index contributed by atoms with van der Waals surface area (Å²) in [6.45, 7) is 2.21. The number of halogens is 3. The van der Waals surface area contributed by atoms with Crippen molar-refractivity contribution >= 4 is 16.8 Å². The second-order valence-electron chi connectivity index (χ2n) is 8.31. The third-order valence-electron chi connectivity index (χ3n) is 6.11. The molecule has 0 aliphatic heterocycles. The number of carbonyl (C=O) groups excluding carboxylic acids is 1. The molecule has 1 aromatic heterocycles. The predicted molar refractivity (Wildman–Crippen MR) is 104 cm³/mol. The first kappa shape index (κ1) is 20.1. The van der Waals surface area contributed by atoms with Gasteiger partial charge in [0.2, 0.25) is 0 Å². The fourth-order valence-electron chi connectivity index (χ4n) is 4.25. The number of aryl methyl sites for hydroxylation is 1. The quantitative estimate of drug-likeness (QED) is 0.762. The molecule has 2 atom stereocenters. The fraction of sp³-hybridized carbons (Fsp3) is 0.545. The van der Waals surface area contributed by atoms with Gasteiger partial charge in [-0.2, -0.15) is 13.2 Å². The molecule has 1 N–H and O–H groups in total. The van der Waals surface area contributed by atoms with Gasteiger partial charge in [-0.1, -0.05) is 0 Å². The van der Waals surface area contributed by atoms with Crippen molar-refractivity contribution in [3.63, 3.8) is 0 Å². The minimum atomic E-state index is -4.52. The second-order valence-corrected chi connectivity index (χ2v) is 8.31. The molecule has 1 heterocycles. The molecule has 0 spiro atoms. The molecule has 29 heavy (non-hydrogen) atoms. The molecule has 4 rings (SSSR count). The van der Waals surface area contributed by atoms with E-state index in [9.17, 15) is 18.0 Å². The topological polar surface area (TPSA) is 51.2 Å². The fourth-order valence-corrected chi connectivity index (χ4v) is 4.25. The summed E-state index contributed by atoms with van der Waals surface area (Å²) in [5.41, 5.74) is 0.469. The van der Waals surface area contributed by atoms with Crippen molar-refractivity contribution in [2.45, 2.75) is 57.2 Å². The highest BCUT2D eigenvalue weighted by Crippen LogP contribution is 2.44. The van der Waals surface area contributed by atoms with Gasteiger partial charge >= 0.3 is 6.18 Å². The summed E-state index contributed by atoms with van der Waals surface area (Å²) in [6.07, 6.45) is 0.336. The van der Waals surface area contributed by atoms with Crippen LogP contribution in [0.15, 0.2) is 18.2 Å². The molecular weight excluding hydrogens is 381 g/mol. The van der Waals surface area contributed by atoms with Gasteiger partial charge < -0.3 is 10.1 Å². The van der Waals surface area contributed by atoms with Crippen LogP contribution in [-0.2, 0) is 10.9 Å². The maximum absolute atomic E-state index is 13.7. The van der Waals surface area contributed by atoms with E-state index in [2.05, 4.69) is 10.3 Å². The number of pyridine rings is 1. The second kappa shape index (κ2) is 7.59. The number of nitrogens with one attached hydrogen (secondary N) is 1. The average Bonchev–Trinajstić information content (AvgIpc) is 3.42. The number of nitrogens with zero attached hydrogens (tertiary/aromatic N) is 1. The molecule has 0 saturated heterocycles. The van der Waals surface area contributed by atoms with Crippen molar-refractivity contribution in [2.75, 3.05) is 13.7 Å². The highest BCUT2D eigenvalue weighted by molar-refractivity contribution is 5.97. The zero-order valence-corrected chi connectivity index (χ0v) is 16.6. The van der Waals surface area contributed by atoms with Crippen molar-refractivity contribution in [3.05, 3.63) is 40.6 Å². The molecule has 2 saturated carbocycles. The summed E-state index contributed by atoms with van der Waals surface area (Å²) in [5, 5.41) is 3.31. The number of hydrogen-bond donors (Lipinski definition) is 1. The van der Waals surface area contributed by atoms with Gasteiger partial charge in [-0.15, -0.1) is 0 Å². The summed E-state index contributed by atoms with van der Waals surface area (Å²) in [4.78, 5) is 16.8. The van der Waals surface area contributed by atoms with Gasteiger partial charge in [0.15, 0.2) is 0 Å². The number of carbonyl (C=O) groups is 1. The predicted octanol–water partition coefficient (Wildman–Crippen LogP) is 4.98. The Morgan fingerprint density at radius 2 is 1.97 bits per heavy atom. The number of aromatic nitrogens is 1. The maximum Gasteiger partial charge on any atom is 0.418 e. The van der Waals surface area contributed by atoms with Crippen LogP contribution in [0.5, 0.6) is 0 Å².